The van der Waals surface area contributed by atoms with Gasteiger partial charge < -0.3 is 15.5 Å². The second kappa shape index (κ2) is 5.20. The molecule has 1 saturated heterocycles. The Hall–Kier alpha value is -0.770. The molecule has 14 heavy (non-hydrogen) atoms. The fourth-order valence-electron chi connectivity index (χ4n) is 1.62. The summed E-state index contributed by atoms with van der Waals surface area (Å²) in [5.74, 6) is 0.704. The van der Waals surface area contributed by atoms with Gasteiger partial charge in [-0.05, 0) is 33.9 Å². The van der Waals surface area contributed by atoms with Crippen molar-refractivity contribution in [3.8, 4) is 0 Å². The van der Waals surface area contributed by atoms with Gasteiger partial charge in [0.1, 0.15) is 0 Å². The van der Waals surface area contributed by atoms with E-state index >= 15 is 0 Å². The highest BCUT2D eigenvalue weighted by atomic mass is 15.3. The molecule has 1 heterocycles. The van der Waals surface area contributed by atoms with Gasteiger partial charge in [0.15, 0.2) is 5.96 Å². The van der Waals surface area contributed by atoms with Crippen molar-refractivity contribution < 1.29 is 0 Å². The van der Waals surface area contributed by atoms with Crippen LogP contribution < -0.4 is 5.73 Å². The maximum Gasteiger partial charge on any atom is 0.191 e. The van der Waals surface area contributed by atoms with Crippen molar-refractivity contribution in [2.24, 2.45) is 10.7 Å². The molecule has 0 atom stereocenters. The van der Waals surface area contributed by atoms with E-state index in [0.717, 1.165) is 26.2 Å². The molecule has 0 bridgehead atoms. The van der Waals surface area contributed by atoms with Gasteiger partial charge in [0.05, 0.1) is 0 Å². The largest absolute Gasteiger partial charge is 0.370 e. The van der Waals surface area contributed by atoms with Crippen LogP contribution in [-0.2, 0) is 0 Å². The van der Waals surface area contributed by atoms with Gasteiger partial charge in [0, 0.05) is 25.7 Å². The third kappa shape index (κ3) is 3.54. The fourth-order valence-corrected chi connectivity index (χ4v) is 1.62. The van der Waals surface area contributed by atoms with E-state index < -0.39 is 0 Å². The standard InChI is InChI=1S/C10H22N4/c1-9(2)12-10(11)14-6-4-5-13(3)7-8-14/h9H,4-8H2,1-3H3,(H2,11,12). The van der Waals surface area contributed by atoms with Gasteiger partial charge >= 0.3 is 0 Å². The molecule has 0 unspecified atom stereocenters. The zero-order valence-corrected chi connectivity index (χ0v) is 9.53. The van der Waals surface area contributed by atoms with Crippen molar-refractivity contribution >= 4 is 5.96 Å². The third-order valence-corrected chi connectivity index (χ3v) is 2.43. The molecule has 0 radical (unpaired) electrons. The van der Waals surface area contributed by atoms with Crippen molar-refractivity contribution in [1.29, 1.82) is 0 Å². The summed E-state index contributed by atoms with van der Waals surface area (Å²) < 4.78 is 0. The number of guanidine groups is 1. The topological polar surface area (TPSA) is 44.9 Å². The van der Waals surface area contributed by atoms with Gasteiger partial charge in [-0.15, -0.1) is 0 Å². The second-order valence-corrected chi connectivity index (χ2v) is 4.22. The van der Waals surface area contributed by atoms with Crippen LogP contribution in [0.15, 0.2) is 4.99 Å². The van der Waals surface area contributed by atoms with Gasteiger partial charge in [-0.25, -0.2) is 0 Å². The number of nitrogens with two attached hydrogens (primary N) is 1. The zero-order chi connectivity index (χ0) is 10.6. The molecule has 0 amide bonds. The molecule has 4 nitrogen and oxygen atoms in total. The van der Waals surface area contributed by atoms with E-state index in [1.807, 2.05) is 0 Å². The highest BCUT2D eigenvalue weighted by Crippen LogP contribution is 2.01. The minimum atomic E-state index is 0.288. The van der Waals surface area contributed by atoms with Gasteiger partial charge in [0.2, 0.25) is 0 Å². The van der Waals surface area contributed by atoms with Crippen molar-refractivity contribution in [2.45, 2.75) is 26.3 Å². The number of nitrogens with zero attached hydrogens (tertiary/aromatic N) is 3. The maximum atomic E-state index is 5.92. The lowest BCUT2D eigenvalue weighted by Crippen LogP contribution is -2.40. The average Bonchev–Trinajstić information content (AvgIpc) is 2.28. The Morgan fingerprint density at radius 3 is 2.57 bits per heavy atom. The zero-order valence-electron chi connectivity index (χ0n) is 9.53. The van der Waals surface area contributed by atoms with Crippen LogP contribution in [-0.4, -0.2) is 55.0 Å². The minimum absolute atomic E-state index is 0.288. The second-order valence-electron chi connectivity index (χ2n) is 4.22. The van der Waals surface area contributed by atoms with E-state index in [1.54, 1.807) is 0 Å². The Kier molecular flexibility index (Phi) is 4.20. The lowest BCUT2D eigenvalue weighted by Gasteiger charge is -2.21. The quantitative estimate of drug-likeness (QED) is 0.488. The summed E-state index contributed by atoms with van der Waals surface area (Å²) in [6.45, 7) is 8.37. The number of likely N-dealkylation sites (N-methyl/N-ethyl adjacent to an activating group) is 1. The lowest BCUT2D eigenvalue weighted by molar-refractivity contribution is 0.345. The number of hydrogen-bond acceptors (Lipinski definition) is 2. The summed E-state index contributed by atoms with van der Waals surface area (Å²) in [4.78, 5) is 8.89. The molecule has 0 saturated carbocycles. The number of rotatable bonds is 1. The summed E-state index contributed by atoms with van der Waals surface area (Å²) in [5.41, 5.74) is 5.92. The monoisotopic (exact) mass is 198 g/mol. The molecular formula is C10H22N4. The van der Waals surface area contributed by atoms with Crippen LogP contribution in [0.25, 0.3) is 0 Å². The van der Waals surface area contributed by atoms with Crippen LogP contribution in [0.2, 0.25) is 0 Å². The van der Waals surface area contributed by atoms with Crippen LogP contribution in [0.1, 0.15) is 20.3 Å². The van der Waals surface area contributed by atoms with Crippen molar-refractivity contribution in [1.82, 2.24) is 9.80 Å². The summed E-state index contributed by atoms with van der Waals surface area (Å²) in [6, 6.07) is 0.288. The molecule has 4 heteroatoms. The van der Waals surface area contributed by atoms with Crippen LogP contribution in [0.3, 0.4) is 0 Å². The highest BCUT2D eigenvalue weighted by molar-refractivity contribution is 5.78. The van der Waals surface area contributed by atoms with E-state index in [2.05, 4.69) is 35.7 Å². The molecule has 1 aliphatic heterocycles. The molecule has 0 aromatic heterocycles. The maximum absolute atomic E-state index is 5.92. The minimum Gasteiger partial charge on any atom is -0.370 e. The Labute approximate surface area is 86.8 Å². The highest BCUT2D eigenvalue weighted by Gasteiger charge is 2.13. The summed E-state index contributed by atoms with van der Waals surface area (Å²) >= 11 is 0. The molecule has 1 aliphatic rings. The van der Waals surface area contributed by atoms with Crippen molar-refractivity contribution in [3.63, 3.8) is 0 Å². The first kappa shape index (κ1) is 11.3. The van der Waals surface area contributed by atoms with E-state index in [0.29, 0.717) is 5.96 Å². The molecule has 2 N–H and O–H groups in total. The first-order valence-corrected chi connectivity index (χ1v) is 5.36. The first-order valence-electron chi connectivity index (χ1n) is 5.36. The van der Waals surface area contributed by atoms with Gasteiger partial charge in [0.25, 0.3) is 0 Å². The normalized spacial score (nSPS) is 21.4. The average molecular weight is 198 g/mol. The van der Waals surface area contributed by atoms with E-state index in [9.17, 15) is 0 Å². The molecule has 0 aromatic rings. The Morgan fingerprint density at radius 2 is 1.93 bits per heavy atom. The third-order valence-electron chi connectivity index (χ3n) is 2.43. The van der Waals surface area contributed by atoms with Crippen LogP contribution in [0, 0.1) is 0 Å². The van der Waals surface area contributed by atoms with E-state index in [4.69, 9.17) is 5.73 Å². The lowest BCUT2D eigenvalue weighted by atomic mass is 10.4. The van der Waals surface area contributed by atoms with Crippen molar-refractivity contribution in [2.75, 3.05) is 33.2 Å². The Balaban J connectivity index is 2.51. The summed E-state index contributed by atoms with van der Waals surface area (Å²) in [7, 11) is 2.15. The Morgan fingerprint density at radius 1 is 1.21 bits per heavy atom. The fraction of sp³-hybridized carbons (Fsp3) is 0.900. The summed E-state index contributed by atoms with van der Waals surface area (Å²) in [6.07, 6.45) is 1.17. The molecule has 1 rings (SSSR count). The van der Waals surface area contributed by atoms with E-state index in [-0.39, 0.29) is 6.04 Å². The first-order chi connectivity index (χ1) is 6.59. The SMILES string of the molecule is CC(C)N=C(N)N1CCCN(C)CC1. The number of aliphatic imine (C=N–C) groups is 1. The van der Waals surface area contributed by atoms with Gasteiger partial charge in [-0.3, -0.25) is 4.99 Å². The molecule has 1 fully saturated rings. The summed E-state index contributed by atoms with van der Waals surface area (Å²) in [5, 5.41) is 0. The predicted octanol–water partition coefficient (Wildman–Crippen LogP) is 0.347. The van der Waals surface area contributed by atoms with E-state index in [1.165, 1.54) is 6.42 Å². The van der Waals surface area contributed by atoms with Crippen LogP contribution in [0.5, 0.6) is 0 Å². The Bertz CT molecular complexity index is 200. The molecule has 82 valence electrons. The molecule has 0 aliphatic carbocycles. The van der Waals surface area contributed by atoms with Gasteiger partial charge in [-0.1, -0.05) is 0 Å². The smallest absolute Gasteiger partial charge is 0.191 e. The van der Waals surface area contributed by atoms with Crippen LogP contribution in [0.4, 0.5) is 0 Å². The molecular weight excluding hydrogens is 176 g/mol. The molecule has 0 spiro atoms. The van der Waals surface area contributed by atoms with Crippen LogP contribution >= 0.6 is 0 Å². The van der Waals surface area contributed by atoms with Gasteiger partial charge in [-0.2, -0.15) is 0 Å². The number of hydrogen-bond donors (Lipinski definition) is 1. The predicted molar refractivity (Wildman–Crippen MR) is 60.4 cm³/mol. The molecule has 0 aromatic carbocycles. The van der Waals surface area contributed by atoms with Crippen molar-refractivity contribution in [3.05, 3.63) is 0 Å².